The van der Waals surface area contributed by atoms with E-state index < -0.39 is 0 Å². The van der Waals surface area contributed by atoms with Crippen LogP contribution >= 0.6 is 0 Å². The first-order valence-corrected chi connectivity index (χ1v) is 7.52. The largest absolute Gasteiger partial charge is 3.00 e. The van der Waals surface area contributed by atoms with Crippen molar-refractivity contribution in [1.82, 2.24) is 5.32 Å². The van der Waals surface area contributed by atoms with Crippen LogP contribution in [0.2, 0.25) is 0 Å². The molecular formula is C18H20ClN3NiO2+. The Kier molecular flexibility index (Phi) is 12.4. The molecule has 2 rings (SSSR count). The summed E-state index contributed by atoms with van der Waals surface area (Å²) in [5, 5.41) is 24.3. The summed E-state index contributed by atoms with van der Waals surface area (Å²) in [6, 6.07) is 13.9. The maximum atomic E-state index is 11.5. The maximum Gasteiger partial charge on any atom is 3.00 e. The monoisotopic (exact) mass is 403 g/mol. The molecule has 135 valence electrons. The Labute approximate surface area is 164 Å². The summed E-state index contributed by atoms with van der Waals surface area (Å²) < 4.78 is 0. The fourth-order valence-corrected chi connectivity index (χ4v) is 1.92. The molecule has 0 atom stereocenters. The number of rotatable bonds is 8. The SMILES string of the molecule is [Cl-].[Ni+3].[O-]c1ccccc1C=NCCNCCN=Cc1ccccc1O. The molecule has 0 aliphatic rings. The molecule has 0 amide bonds. The molecule has 5 nitrogen and oxygen atoms in total. The van der Waals surface area contributed by atoms with Gasteiger partial charge in [-0.25, -0.2) is 0 Å². The number of nitrogens with zero attached hydrogens (tertiary/aromatic N) is 2. The number of phenols is 1. The first kappa shape index (κ1) is 23.1. The molecule has 0 aliphatic carbocycles. The van der Waals surface area contributed by atoms with Gasteiger partial charge in [0, 0.05) is 31.1 Å². The van der Waals surface area contributed by atoms with E-state index in [1.807, 2.05) is 18.2 Å². The van der Waals surface area contributed by atoms with Crippen LogP contribution in [0.3, 0.4) is 0 Å². The average Bonchev–Trinajstić information content (AvgIpc) is 2.56. The molecule has 0 heterocycles. The van der Waals surface area contributed by atoms with Crippen molar-refractivity contribution >= 4 is 12.4 Å². The Balaban J connectivity index is 0.00000288. The van der Waals surface area contributed by atoms with E-state index in [4.69, 9.17) is 0 Å². The van der Waals surface area contributed by atoms with E-state index in [0.717, 1.165) is 13.1 Å². The van der Waals surface area contributed by atoms with E-state index >= 15 is 0 Å². The van der Waals surface area contributed by atoms with Gasteiger partial charge in [0.15, 0.2) is 0 Å². The topological polar surface area (TPSA) is 80.0 Å². The van der Waals surface area contributed by atoms with Crippen molar-refractivity contribution in [2.45, 2.75) is 0 Å². The van der Waals surface area contributed by atoms with Crippen LogP contribution in [0.15, 0.2) is 58.5 Å². The van der Waals surface area contributed by atoms with E-state index in [2.05, 4.69) is 15.3 Å². The summed E-state index contributed by atoms with van der Waals surface area (Å²) in [4.78, 5) is 8.47. The summed E-state index contributed by atoms with van der Waals surface area (Å²) in [7, 11) is 0. The van der Waals surface area contributed by atoms with Gasteiger partial charge in [-0.1, -0.05) is 36.4 Å². The van der Waals surface area contributed by atoms with Gasteiger partial charge in [0.05, 0.1) is 13.1 Å². The zero-order chi connectivity index (χ0) is 16.3. The predicted molar refractivity (Wildman–Crippen MR) is 91.8 cm³/mol. The first-order valence-electron chi connectivity index (χ1n) is 7.52. The van der Waals surface area contributed by atoms with Crippen molar-refractivity contribution < 1.29 is 39.1 Å². The molecule has 0 aliphatic heterocycles. The number of halogens is 1. The number of aromatic hydroxyl groups is 1. The number of phenolic OH excluding ortho intramolecular Hbond substituents is 1. The number of benzene rings is 2. The molecule has 0 fully saturated rings. The summed E-state index contributed by atoms with van der Waals surface area (Å²) in [6.07, 6.45) is 3.28. The van der Waals surface area contributed by atoms with Crippen LogP contribution in [0.1, 0.15) is 11.1 Å². The third kappa shape index (κ3) is 8.68. The molecule has 0 saturated heterocycles. The predicted octanol–water partition coefficient (Wildman–Crippen LogP) is -1.41. The molecule has 0 unspecified atom stereocenters. The second-order valence-corrected chi connectivity index (χ2v) is 4.92. The molecule has 25 heavy (non-hydrogen) atoms. The van der Waals surface area contributed by atoms with Gasteiger partial charge in [-0.05, 0) is 17.7 Å². The summed E-state index contributed by atoms with van der Waals surface area (Å²) >= 11 is 0. The molecule has 0 spiro atoms. The second-order valence-electron chi connectivity index (χ2n) is 4.92. The van der Waals surface area contributed by atoms with Crippen LogP contribution in [0.25, 0.3) is 0 Å². The Hall–Kier alpha value is -1.88. The van der Waals surface area contributed by atoms with Crippen LogP contribution in [-0.4, -0.2) is 43.7 Å². The van der Waals surface area contributed by atoms with Gasteiger partial charge in [0.25, 0.3) is 0 Å². The number of hydrogen-bond donors (Lipinski definition) is 2. The Bertz CT molecular complexity index is 623. The molecule has 0 saturated carbocycles. The van der Waals surface area contributed by atoms with Gasteiger partial charge < -0.3 is 27.9 Å². The van der Waals surface area contributed by atoms with Crippen LogP contribution in [0.5, 0.6) is 11.5 Å². The Morgan fingerprint density at radius 3 is 2.00 bits per heavy atom. The van der Waals surface area contributed by atoms with Crippen LogP contribution < -0.4 is 22.8 Å². The third-order valence-electron chi connectivity index (χ3n) is 3.15. The van der Waals surface area contributed by atoms with E-state index in [1.165, 1.54) is 6.07 Å². The smallest absolute Gasteiger partial charge is 1.00 e. The number of para-hydroxylation sites is 2. The Morgan fingerprint density at radius 1 is 0.880 bits per heavy atom. The standard InChI is InChI=1S/C18H21N3O2.ClH.Ni/c22-17-7-3-1-5-15(17)13-20-11-9-19-10-12-21-14-16-6-2-4-8-18(16)23;;/h1-8,13-14,19,22-23H,9-12H2;1H;/q;;+3/p-2. The Morgan fingerprint density at radius 2 is 1.40 bits per heavy atom. The quantitative estimate of drug-likeness (QED) is 0.323. The van der Waals surface area contributed by atoms with Gasteiger partial charge in [0.1, 0.15) is 5.75 Å². The first-order chi connectivity index (χ1) is 11.3. The third-order valence-corrected chi connectivity index (χ3v) is 3.15. The second kappa shape index (κ2) is 13.4. The van der Waals surface area contributed by atoms with E-state index in [1.54, 1.807) is 36.7 Å². The van der Waals surface area contributed by atoms with Gasteiger partial charge in [-0.3, -0.25) is 9.98 Å². The van der Waals surface area contributed by atoms with Crippen LogP contribution in [0.4, 0.5) is 0 Å². The fraction of sp³-hybridized carbons (Fsp3) is 0.222. The van der Waals surface area contributed by atoms with Crippen molar-refractivity contribution in [3.05, 3.63) is 59.7 Å². The maximum absolute atomic E-state index is 11.5. The molecule has 0 aromatic heterocycles. The number of aliphatic imine (C=N–C) groups is 2. The molecule has 0 bridgehead atoms. The summed E-state index contributed by atoms with van der Waals surface area (Å²) in [5.41, 5.74) is 1.33. The minimum Gasteiger partial charge on any atom is -1.00 e. The molecular weight excluding hydrogens is 384 g/mol. The minimum atomic E-state index is -0.0114. The summed E-state index contributed by atoms with van der Waals surface area (Å²) in [5.74, 6) is 0.222. The van der Waals surface area contributed by atoms with Crippen molar-refractivity contribution in [2.75, 3.05) is 26.2 Å². The van der Waals surface area contributed by atoms with Crippen molar-refractivity contribution in [1.29, 1.82) is 0 Å². The average molecular weight is 405 g/mol. The van der Waals surface area contributed by atoms with E-state index in [0.29, 0.717) is 24.2 Å². The van der Waals surface area contributed by atoms with Gasteiger partial charge in [-0.15, -0.1) is 5.75 Å². The normalized spacial score (nSPS) is 10.6. The molecule has 2 N–H and O–H groups in total. The van der Waals surface area contributed by atoms with Gasteiger partial charge in [-0.2, -0.15) is 0 Å². The molecule has 1 radical (unpaired) electrons. The summed E-state index contributed by atoms with van der Waals surface area (Å²) in [6.45, 7) is 2.69. The molecule has 2 aromatic rings. The molecule has 2 aromatic carbocycles. The van der Waals surface area contributed by atoms with Gasteiger partial charge >= 0.3 is 16.5 Å². The van der Waals surface area contributed by atoms with Gasteiger partial charge in [0.2, 0.25) is 0 Å². The van der Waals surface area contributed by atoms with Crippen molar-refractivity contribution in [2.24, 2.45) is 9.98 Å². The fourth-order valence-electron chi connectivity index (χ4n) is 1.92. The molecule has 7 heteroatoms. The zero-order valence-electron chi connectivity index (χ0n) is 13.5. The number of hydrogen-bond acceptors (Lipinski definition) is 5. The van der Waals surface area contributed by atoms with Crippen molar-refractivity contribution in [3.63, 3.8) is 0 Å². The van der Waals surface area contributed by atoms with Crippen molar-refractivity contribution in [3.8, 4) is 11.5 Å². The van der Waals surface area contributed by atoms with Crippen LogP contribution in [-0.2, 0) is 16.5 Å². The van der Waals surface area contributed by atoms with E-state index in [-0.39, 0.29) is 40.4 Å². The minimum absolute atomic E-state index is 0. The van der Waals surface area contributed by atoms with Crippen LogP contribution in [0, 0.1) is 0 Å². The zero-order valence-corrected chi connectivity index (χ0v) is 15.3. The number of nitrogens with one attached hydrogen (secondary N) is 1. The van der Waals surface area contributed by atoms with E-state index in [9.17, 15) is 10.2 Å².